The molecular formula is C15H21N3O. The Balaban J connectivity index is 1.73. The molecule has 0 amide bonds. The SMILES string of the molecule is CC(NCC(O)C1CC1)c1nc2ccccc2n1C. The number of aromatic nitrogens is 2. The van der Waals surface area contributed by atoms with Gasteiger partial charge in [-0.25, -0.2) is 4.98 Å². The zero-order valence-electron chi connectivity index (χ0n) is 11.5. The van der Waals surface area contributed by atoms with Crippen molar-refractivity contribution in [1.82, 2.24) is 14.9 Å². The van der Waals surface area contributed by atoms with Gasteiger partial charge in [0.1, 0.15) is 5.82 Å². The van der Waals surface area contributed by atoms with Crippen LogP contribution in [0.5, 0.6) is 0 Å². The fourth-order valence-corrected chi connectivity index (χ4v) is 2.59. The molecule has 1 aliphatic rings. The second kappa shape index (κ2) is 4.94. The highest BCUT2D eigenvalue weighted by Gasteiger charge is 2.29. The highest BCUT2D eigenvalue weighted by atomic mass is 16.3. The summed E-state index contributed by atoms with van der Waals surface area (Å²) in [6.07, 6.45) is 2.13. The van der Waals surface area contributed by atoms with Crippen molar-refractivity contribution in [3.63, 3.8) is 0 Å². The number of aliphatic hydroxyl groups excluding tert-OH is 1. The first-order valence-corrected chi connectivity index (χ1v) is 6.99. The molecule has 1 fully saturated rings. The first-order valence-electron chi connectivity index (χ1n) is 6.99. The maximum absolute atomic E-state index is 9.90. The Kier molecular flexibility index (Phi) is 3.29. The van der Waals surface area contributed by atoms with Crippen molar-refractivity contribution >= 4 is 11.0 Å². The summed E-state index contributed by atoms with van der Waals surface area (Å²) < 4.78 is 2.12. The molecule has 0 radical (unpaired) electrons. The number of benzene rings is 1. The first-order chi connectivity index (χ1) is 9.16. The molecule has 1 aliphatic carbocycles. The lowest BCUT2D eigenvalue weighted by Gasteiger charge is -2.16. The molecule has 1 aromatic heterocycles. The summed E-state index contributed by atoms with van der Waals surface area (Å²) in [4.78, 5) is 4.67. The Hall–Kier alpha value is -1.39. The van der Waals surface area contributed by atoms with Gasteiger partial charge in [-0.15, -0.1) is 0 Å². The van der Waals surface area contributed by atoms with Crippen molar-refractivity contribution in [3.8, 4) is 0 Å². The third kappa shape index (κ3) is 2.51. The van der Waals surface area contributed by atoms with Crippen LogP contribution in [0.25, 0.3) is 11.0 Å². The molecule has 2 atom stereocenters. The van der Waals surface area contributed by atoms with E-state index < -0.39 is 0 Å². The maximum atomic E-state index is 9.90. The molecule has 0 spiro atoms. The van der Waals surface area contributed by atoms with Crippen LogP contribution in [-0.2, 0) is 7.05 Å². The number of hydrogen-bond acceptors (Lipinski definition) is 3. The largest absolute Gasteiger partial charge is 0.392 e. The topological polar surface area (TPSA) is 50.1 Å². The number of nitrogens with zero attached hydrogens (tertiary/aromatic N) is 2. The van der Waals surface area contributed by atoms with Crippen molar-refractivity contribution in [3.05, 3.63) is 30.1 Å². The monoisotopic (exact) mass is 259 g/mol. The number of hydrogen-bond donors (Lipinski definition) is 2. The minimum atomic E-state index is -0.211. The van der Waals surface area contributed by atoms with Crippen LogP contribution in [0.4, 0.5) is 0 Å². The van der Waals surface area contributed by atoms with Gasteiger partial charge < -0.3 is 15.0 Å². The predicted molar refractivity (Wildman–Crippen MR) is 75.9 cm³/mol. The van der Waals surface area contributed by atoms with E-state index in [0.29, 0.717) is 12.5 Å². The number of aliphatic hydroxyl groups is 1. The van der Waals surface area contributed by atoms with E-state index >= 15 is 0 Å². The van der Waals surface area contributed by atoms with Gasteiger partial charge in [0.15, 0.2) is 0 Å². The Morgan fingerprint density at radius 1 is 1.42 bits per heavy atom. The summed E-state index contributed by atoms with van der Waals surface area (Å²) in [7, 11) is 2.04. The molecule has 102 valence electrons. The Morgan fingerprint density at radius 3 is 2.84 bits per heavy atom. The standard InChI is InChI=1S/C15H21N3O/c1-10(16-9-14(19)11-7-8-11)15-17-12-5-3-4-6-13(12)18(15)2/h3-6,10-11,14,16,19H,7-9H2,1-2H3. The van der Waals surface area contributed by atoms with Crippen LogP contribution < -0.4 is 5.32 Å². The molecular weight excluding hydrogens is 238 g/mol. The van der Waals surface area contributed by atoms with Gasteiger partial charge in [-0.2, -0.15) is 0 Å². The summed E-state index contributed by atoms with van der Waals surface area (Å²) in [5.41, 5.74) is 2.17. The van der Waals surface area contributed by atoms with E-state index in [1.807, 2.05) is 25.2 Å². The van der Waals surface area contributed by atoms with E-state index in [9.17, 15) is 5.11 Å². The average molecular weight is 259 g/mol. The van der Waals surface area contributed by atoms with E-state index in [0.717, 1.165) is 16.9 Å². The Morgan fingerprint density at radius 2 is 2.16 bits per heavy atom. The van der Waals surface area contributed by atoms with Crippen molar-refractivity contribution in [2.24, 2.45) is 13.0 Å². The van der Waals surface area contributed by atoms with Gasteiger partial charge in [-0.1, -0.05) is 12.1 Å². The van der Waals surface area contributed by atoms with Crippen molar-refractivity contribution in [2.45, 2.75) is 31.9 Å². The van der Waals surface area contributed by atoms with Gasteiger partial charge in [-0.05, 0) is 37.8 Å². The van der Waals surface area contributed by atoms with Gasteiger partial charge >= 0.3 is 0 Å². The fraction of sp³-hybridized carbons (Fsp3) is 0.533. The minimum absolute atomic E-state index is 0.144. The highest BCUT2D eigenvalue weighted by molar-refractivity contribution is 5.75. The Labute approximate surface area is 113 Å². The van der Waals surface area contributed by atoms with E-state index in [-0.39, 0.29) is 12.1 Å². The third-order valence-corrected chi connectivity index (χ3v) is 4.01. The molecule has 4 heteroatoms. The normalized spacial score (nSPS) is 18.7. The van der Waals surface area contributed by atoms with Gasteiger partial charge in [0.05, 0.1) is 23.2 Å². The van der Waals surface area contributed by atoms with Crippen molar-refractivity contribution in [2.75, 3.05) is 6.54 Å². The molecule has 1 aromatic carbocycles. The molecule has 2 N–H and O–H groups in total. The third-order valence-electron chi connectivity index (χ3n) is 4.01. The zero-order chi connectivity index (χ0) is 13.4. The molecule has 3 rings (SSSR count). The van der Waals surface area contributed by atoms with Crippen molar-refractivity contribution < 1.29 is 5.11 Å². The summed E-state index contributed by atoms with van der Waals surface area (Å²) in [6.45, 7) is 2.75. The summed E-state index contributed by atoms with van der Waals surface area (Å²) in [6, 6.07) is 8.30. The van der Waals surface area contributed by atoms with E-state index in [2.05, 4.69) is 27.9 Å². The maximum Gasteiger partial charge on any atom is 0.126 e. The van der Waals surface area contributed by atoms with Gasteiger partial charge in [0.2, 0.25) is 0 Å². The van der Waals surface area contributed by atoms with Crippen LogP contribution in [0.3, 0.4) is 0 Å². The van der Waals surface area contributed by atoms with E-state index in [1.54, 1.807) is 0 Å². The fourth-order valence-electron chi connectivity index (χ4n) is 2.59. The minimum Gasteiger partial charge on any atom is -0.392 e. The number of fused-ring (bicyclic) bond motifs is 1. The number of rotatable bonds is 5. The lowest BCUT2D eigenvalue weighted by Crippen LogP contribution is -2.31. The molecule has 1 saturated carbocycles. The lowest BCUT2D eigenvalue weighted by molar-refractivity contribution is 0.145. The zero-order valence-corrected chi connectivity index (χ0v) is 11.5. The highest BCUT2D eigenvalue weighted by Crippen LogP contribution is 2.32. The number of para-hydroxylation sites is 2. The molecule has 0 aliphatic heterocycles. The van der Waals surface area contributed by atoms with E-state index in [4.69, 9.17) is 0 Å². The van der Waals surface area contributed by atoms with Crippen LogP contribution in [-0.4, -0.2) is 27.3 Å². The number of nitrogens with one attached hydrogen (secondary N) is 1. The number of aryl methyl sites for hydroxylation is 1. The summed E-state index contributed by atoms with van der Waals surface area (Å²) >= 11 is 0. The van der Waals surface area contributed by atoms with Crippen LogP contribution in [0, 0.1) is 5.92 Å². The van der Waals surface area contributed by atoms with Crippen LogP contribution in [0.2, 0.25) is 0 Å². The van der Waals surface area contributed by atoms with Crippen LogP contribution >= 0.6 is 0 Å². The second-order valence-corrected chi connectivity index (χ2v) is 5.55. The lowest BCUT2D eigenvalue weighted by atomic mass is 10.2. The molecule has 0 saturated heterocycles. The van der Waals surface area contributed by atoms with Crippen molar-refractivity contribution in [1.29, 1.82) is 0 Å². The summed E-state index contributed by atoms with van der Waals surface area (Å²) in [5, 5.41) is 13.3. The van der Waals surface area contributed by atoms with Gasteiger partial charge in [0.25, 0.3) is 0 Å². The van der Waals surface area contributed by atoms with E-state index in [1.165, 1.54) is 12.8 Å². The summed E-state index contributed by atoms with van der Waals surface area (Å²) in [5.74, 6) is 1.53. The average Bonchev–Trinajstić information content (AvgIpc) is 3.21. The molecule has 2 aromatic rings. The molecule has 2 unspecified atom stereocenters. The smallest absolute Gasteiger partial charge is 0.126 e. The quantitative estimate of drug-likeness (QED) is 0.863. The van der Waals surface area contributed by atoms with Gasteiger partial charge in [-0.3, -0.25) is 0 Å². The first kappa shape index (κ1) is 12.6. The van der Waals surface area contributed by atoms with Crippen LogP contribution in [0.1, 0.15) is 31.6 Å². The van der Waals surface area contributed by atoms with Gasteiger partial charge in [0, 0.05) is 13.6 Å². The predicted octanol–water partition coefficient (Wildman–Crippen LogP) is 1.99. The molecule has 0 bridgehead atoms. The molecule has 4 nitrogen and oxygen atoms in total. The van der Waals surface area contributed by atoms with Crippen LogP contribution in [0.15, 0.2) is 24.3 Å². The number of imidazole rings is 1. The molecule has 1 heterocycles. The Bertz CT molecular complexity index is 574. The molecule has 19 heavy (non-hydrogen) atoms. The second-order valence-electron chi connectivity index (χ2n) is 5.55.